The SMILES string of the molecule is CCOC(=O)/C1=C/C(C)=C\CC[N+](Cc2ccccc2)=C1. The molecule has 110 valence electrons. The third-order valence-electron chi connectivity index (χ3n) is 3.33. The maximum absolute atomic E-state index is 12.0. The predicted molar refractivity (Wildman–Crippen MR) is 84.4 cm³/mol. The molecule has 1 aromatic rings. The molecule has 0 unspecified atom stereocenters. The summed E-state index contributed by atoms with van der Waals surface area (Å²) in [6, 6.07) is 10.3. The van der Waals surface area contributed by atoms with Gasteiger partial charge < -0.3 is 4.74 Å². The van der Waals surface area contributed by atoms with Crippen molar-refractivity contribution in [2.45, 2.75) is 26.8 Å². The van der Waals surface area contributed by atoms with E-state index in [1.165, 1.54) is 5.56 Å². The summed E-state index contributed by atoms with van der Waals surface area (Å²) in [5.74, 6) is -0.259. The van der Waals surface area contributed by atoms with Crippen molar-refractivity contribution < 1.29 is 14.1 Å². The first-order chi connectivity index (χ1) is 10.2. The third kappa shape index (κ3) is 4.71. The molecule has 1 aliphatic rings. The van der Waals surface area contributed by atoms with Gasteiger partial charge in [-0.2, -0.15) is 0 Å². The van der Waals surface area contributed by atoms with E-state index >= 15 is 0 Å². The van der Waals surface area contributed by atoms with Crippen LogP contribution < -0.4 is 0 Å². The van der Waals surface area contributed by atoms with Crippen molar-refractivity contribution in [3.63, 3.8) is 0 Å². The fourth-order valence-electron chi connectivity index (χ4n) is 2.33. The summed E-state index contributed by atoms with van der Waals surface area (Å²) in [6.45, 7) is 5.92. The van der Waals surface area contributed by atoms with Crippen LogP contribution in [-0.2, 0) is 16.1 Å². The summed E-state index contributed by atoms with van der Waals surface area (Å²) >= 11 is 0. The number of carbonyl (C=O) groups excluding carboxylic acids is 1. The van der Waals surface area contributed by atoms with Crippen LogP contribution in [0.5, 0.6) is 0 Å². The van der Waals surface area contributed by atoms with E-state index in [0.717, 1.165) is 25.1 Å². The highest BCUT2D eigenvalue weighted by atomic mass is 16.5. The van der Waals surface area contributed by atoms with E-state index in [1.807, 2.05) is 44.3 Å². The van der Waals surface area contributed by atoms with Crippen molar-refractivity contribution in [3.8, 4) is 0 Å². The second kappa shape index (κ2) is 7.58. The van der Waals surface area contributed by atoms with Crippen molar-refractivity contribution in [1.29, 1.82) is 0 Å². The number of esters is 1. The minimum absolute atomic E-state index is 0.259. The summed E-state index contributed by atoms with van der Waals surface area (Å²) < 4.78 is 7.30. The molecule has 0 bridgehead atoms. The zero-order valence-corrected chi connectivity index (χ0v) is 12.7. The molecule has 0 aromatic heterocycles. The van der Waals surface area contributed by atoms with Gasteiger partial charge in [0.05, 0.1) is 6.61 Å². The Morgan fingerprint density at radius 3 is 2.76 bits per heavy atom. The van der Waals surface area contributed by atoms with Crippen LogP contribution in [0.2, 0.25) is 0 Å². The number of hydrogen-bond donors (Lipinski definition) is 0. The van der Waals surface area contributed by atoms with Gasteiger partial charge in [-0.25, -0.2) is 9.37 Å². The lowest BCUT2D eigenvalue weighted by molar-refractivity contribution is -0.538. The van der Waals surface area contributed by atoms with E-state index in [0.29, 0.717) is 12.2 Å². The molecule has 3 heteroatoms. The quantitative estimate of drug-likeness (QED) is 0.628. The zero-order valence-electron chi connectivity index (χ0n) is 12.7. The van der Waals surface area contributed by atoms with Crippen LogP contribution in [0.1, 0.15) is 25.8 Å². The summed E-state index contributed by atoms with van der Waals surface area (Å²) in [6.07, 6.45) is 6.95. The van der Waals surface area contributed by atoms with Crippen LogP contribution in [0.4, 0.5) is 0 Å². The lowest BCUT2D eigenvalue weighted by atomic mass is 10.1. The average Bonchev–Trinajstić information content (AvgIpc) is 2.45. The molecule has 0 amide bonds. The largest absolute Gasteiger partial charge is 0.462 e. The molecule has 0 spiro atoms. The van der Waals surface area contributed by atoms with Crippen LogP contribution in [0.15, 0.2) is 53.6 Å². The minimum atomic E-state index is -0.259. The molecule has 0 radical (unpaired) electrons. The predicted octanol–water partition coefficient (Wildman–Crippen LogP) is 3.11. The summed E-state index contributed by atoms with van der Waals surface area (Å²) in [5, 5.41) is 0. The normalized spacial score (nSPS) is 20.2. The first-order valence-corrected chi connectivity index (χ1v) is 7.37. The molecule has 21 heavy (non-hydrogen) atoms. The Labute approximate surface area is 126 Å². The van der Waals surface area contributed by atoms with Gasteiger partial charge in [-0.1, -0.05) is 42.0 Å². The van der Waals surface area contributed by atoms with Crippen LogP contribution in [0.25, 0.3) is 0 Å². The lowest BCUT2D eigenvalue weighted by Gasteiger charge is -2.08. The minimum Gasteiger partial charge on any atom is -0.462 e. The molecule has 0 atom stereocenters. The molecular weight excluding hydrogens is 262 g/mol. The Balaban J connectivity index is 2.24. The second-order valence-electron chi connectivity index (χ2n) is 5.14. The Kier molecular flexibility index (Phi) is 5.50. The van der Waals surface area contributed by atoms with Gasteiger partial charge >= 0.3 is 5.97 Å². The van der Waals surface area contributed by atoms with Crippen LogP contribution in [0, 0.1) is 0 Å². The molecule has 1 heterocycles. The van der Waals surface area contributed by atoms with Gasteiger partial charge in [0.25, 0.3) is 0 Å². The Morgan fingerprint density at radius 1 is 1.29 bits per heavy atom. The molecule has 3 nitrogen and oxygen atoms in total. The first kappa shape index (κ1) is 15.2. The van der Waals surface area contributed by atoms with Gasteiger partial charge in [0, 0.05) is 12.0 Å². The van der Waals surface area contributed by atoms with Gasteiger partial charge in [-0.15, -0.1) is 0 Å². The number of allylic oxidation sites excluding steroid dienone is 2. The molecule has 0 saturated carbocycles. The highest BCUT2D eigenvalue weighted by Crippen LogP contribution is 2.09. The maximum Gasteiger partial charge on any atom is 0.344 e. The van der Waals surface area contributed by atoms with Crippen molar-refractivity contribution in [2.75, 3.05) is 13.2 Å². The van der Waals surface area contributed by atoms with Gasteiger partial charge in [0.15, 0.2) is 12.8 Å². The first-order valence-electron chi connectivity index (χ1n) is 7.37. The van der Waals surface area contributed by atoms with E-state index in [4.69, 9.17) is 4.74 Å². The Bertz CT molecular complexity index is 582. The maximum atomic E-state index is 12.0. The molecule has 1 aliphatic heterocycles. The number of rotatable bonds is 4. The summed E-state index contributed by atoms with van der Waals surface area (Å²) in [4.78, 5) is 12.0. The zero-order chi connectivity index (χ0) is 15.1. The second-order valence-corrected chi connectivity index (χ2v) is 5.14. The number of ether oxygens (including phenoxy) is 1. The number of nitrogens with zero attached hydrogens (tertiary/aromatic N) is 1. The highest BCUT2D eigenvalue weighted by molar-refractivity contribution is 6.08. The van der Waals surface area contributed by atoms with E-state index in [1.54, 1.807) is 0 Å². The van der Waals surface area contributed by atoms with E-state index in [2.05, 4.69) is 22.8 Å². The van der Waals surface area contributed by atoms with Gasteiger partial charge in [-0.05, 0) is 19.9 Å². The number of carbonyl (C=O) groups is 1. The van der Waals surface area contributed by atoms with E-state index in [9.17, 15) is 4.79 Å². The third-order valence-corrected chi connectivity index (χ3v) is 3.33. The standard InChI is InChI=1S/C18H22NO2/c1-3-21-18(20)17-12-15(2)8-7-11-19(14-17)13-16-9-5-4-6-10-16/h4-6,8-10,12,14H,3,7,11,13H2,1-2H3/q+1/b15-8-,17-12+,19-14?. The fourth-order valence-corrected chi connectivity index (χ4v) is 2.33. The molecule has 2 rings (SSSR count). The molecule has 0 saturated heterocycles. The van der Waals surface area contributed by atoms with Gasteiger partial charge in [0.2, 0.25) is 0 Å². The van der Waals surface area contributed by atoms with E-state index < -0.39 is 0 Å². The smallest absolute Gasteiger partial charge is 0.344 e. The molecule has 0 aliphatic carbocycles. The fraction of sp³-hybridized carbons (Fsp3) is 0.333. The molecular formula is C18H22NO2+. The van der Waals surface area contributed by atoms with Crippen molar-refractivity contribution in [3.05, 3.63) is 59.2 Å². The topological polar surface area (TPSA) is 29.3 Å². The summed E-state index contributed by atoms with van der Waals surface area (Å²) in [5.41, 5.74) is 2.95. The van der Waals surface area contributed by atoms with Crippen molar-refractivity contribution in [2.24, 2.45) is 0 Å². The van der Waals surface area contributed by atoms with Crippen LogP contribution >= 0.6 is 0 Å². The molecule has 0 fully saturated rings. The highest BCUT2D eigenvalue weighted by Gasteiger charge is 2.16. The van der Waals surface area contributed by atoms with Crippen molar-refractivity contribution in [1.82, 2.24) is 0 Å². The van der Waals surface area contributed by atoms with Gasteiger partial charge in [0.1, 0.15) is 12.1 Å². The molecule has 1 aromatic carbocycles. The van der Waals surface area contributed by atoms with E-state index in [-0.39, 0.29) is 5.97 Å². The van der Waals surface area contributed by atoms with Gasteiger partial charge in [-0.3, -0.25) is 0 Å². The van der Waals surface area contributed by atoms with Crippen molar-refractivity contribution >= 4 is 12.2 Å². The Morgan fingerprint density at radius 2 is 2.05 bits per heavy atom. The molecule has 0 N–H and O–H groups in total. The summed E-state index contributed by atoms with van der Waals surface area (Å²) in [7, 11) is 0. The van der Waals surface area contributed by atoms with Crippen LogP contribution in [0.3, 0.4) is 0 Å². The average molecular weight is 284 g/mol. The number of hydrogen-bond acceptors (Lipinski definition) is 2. The number of benzene rings is 1. The lowest BCUT2D eigenvalue weighted by Crippen LogP contribution is -2.20. The Hall–Kier alpha value is -2.16. The monoisotopic (exact) mass is 284 g/mol. The van der Waals surface area contributed by atoms with Crippen LogP contribution in [-0.4, -0.2) is 29.9 Å².